The van der Waals surface area contributed by atoms with Crippen LogP contribution in [0.5, 0.6) is 0 Å². The number of carboxylic acid groups (broad SMARTS) is 1. The third-order valence-corrected chi connectivity index (χ3v) is 5.41. The number of benzene rings is 1. The van der Waals surface area contributed by atoms with Gasteiger partial charge in [0.1, 0.15) is 0 Å². The third kappa shape index (κ3) is 3.34. The Balaban J connectivity index is 1.93. The highest BCUT2D eigenvalue weighted by Crippen LogP contribution is 2.22. The van der Waals surface area contributed by atoms with E-state index in [4.69, 9.17) is 16.7 Å². The highest BCUT2D eigenvalue weighted by atomic mass is 35.5. The lowest BCUT2D eigenvalue weighted by atomic mass is 10.2. The second kappa shape index (κ2) is 6.43. The fourth-order valence-corrected chi connectivity index (χ4v) is 3.77. The standard InChI is InChI=1S/C15H13ClN4O4S/c1-9(14-18-17-13-4-2-3-7-20(13)14)19-25(23,24)10-5-6-12(16)11(8-10)15(21)22/h2-9,19H,1H3,(H,21,22)/t9-/m1/s1. The number of carboxylic acids is 1. The minimum Gasteiger partial charge on any atom is -0.478 e. The molecule has 10 heteroatoms. The van der Waals surface area contributed by atoms with Crippen molar-refractivity contribution in [2.45, 2.75) is 17.9 Å². The van der Waals surface area contributed by atoms with Crippen LogP contribution in [0.1, 0.15) is 29.1 Å². The zero-order chi connectivity index (χ0) is 18.2. The Bertz CT molecular complexity index is 1060. The number of aromatic nitrogens is 3. The summed E-state index contributed by atoms with van der Waals surface area (Å²) in [5, 5.41) is 17.0. The molecule has 0 aliphatic heterocycles. The van der Waals surface area contributed by atoms with Crippen LogP contribution in [-0.4, -0.2) is 34.1 Å². The van der Waals surface area contributed by atoms with E-state index in [0.717, 1.165) is 6.07 Å². The van der Waals surface area contributed by atoms with E-state index in [-0.39, 0.29) is 15.5 Å². The zero-order valence-corrected chi connectivity index (χ0v) is 14.5. The van der Waals surface area contributed by atoms with Gasteiger partial charge in [-0.25, -0.2) is 17.9 Å². The first kappa shape index (κ1) is 17.3. The first-order chi connectivity index (χ1) is 11.8. The van der Waals surface area contributed by atoms with Gasteiger partial charge >= 0.3 is 5.97 Å². The van der Waals surface area contributed by atoms with E-state index >= 15 is 0 Å². The van der Waals surface area contributed by atoms with Crippen LogP contribution in [0.25, 0.3) is 5.65 Å². The van der Waals surface area contributed by atoms with Gasteiger partial charge < -0.3 is 5.11 Å². The molecule has 0 fully saturated rings. The van der Waals surface area contributed by atoms with Gasteiger partial charge in [0.05, 0.1) is 21.5 Å². The minimum atomic E-state index is -3.98. The Morgan fingerprint density at radius 1 is 1.28 bits per heavy atom. The lowest BCUT2D eigenvalue weighted by molar-refractivity contribution is 0.0697. The molecule has 1 aromatic carbocycles. The van der Waals surface area contributed by atoms with Gasteiger partial charge in [-0.3, -0.25) is 4.40 Å². The predicted molar refractivity (Wildman–Crippen MR) is 90.1 cm³/mol. The molecule has 0 spiro atoms. The van der Waals surface area contributed by atoms with Gasteiger partial charge in [0.25, 0.3) is 0 Å². The van der Waals surface area contributed by atoms with Crippen LogP contribution < -0.4 is 4.72 Å². The molecule has 0 saturated carbocycles. The molecule has 3 rings (SSSR count). The summed E-state index contributed by atoms with van der Waals surface area (Å²) in [6, 6.07) is 8.12. The Hall–Kier alpha value is -2.49. The summed E-state index contributed by atoms with van der Waals surface area (Å²) in [7, 11) is -3.98. The molecule has 2 aromatic heterocycles. The van der Waals surface area contributed by atoms with E-state index in [9.17, 15) is 13.2 Å². The van der Waals surface area contributed by atoms with Gasteiger partial charge in [0, 0.05) is 6.20 Å². The van der Waals surface area contributed by atoms with Crippen LogP contribution in [0, 0.1) is 0 Å². The molecule has 130 valence electrons. The van der Waals surface area contributed by atoms with Gasteiger partial charge in [-0.1, -0.05) is 17.7 Å². The van der Waals surface area contributed by atoms with E-state index in [1.54, 1.807) is 35.7 Å². The quantitative estimate of drug-likeness (QED) is 0.700. The van der Waals surface area contributed by atoms with Crippen molar-refractivity contribution in [3.8, 4) is 0 Å². The van der Waals surface area contributed by atoms with Gasteiger partial charge in [-0.2, -0.15) is 0 Å². The maximum atomic E-state index is 12.6. The summed E-state index contributed by atoms with van der Waals surface area (Å²) in [4.78, 5) is 10.9. The fraction of sp³-hybridized carbons (Fsp3) is 0.133. The number of fused-ring (bicyclic) bond motifs is 1. The molecule has 2 heterocycles. The normalized spacial score (nSPS) is 13.0. The molecule has 0 aliphatic rings. The van der Waals surface area contributed by atoms with Crippen LogP contribution >= 0.6 is 11.6 Å². The minimum absolute atomic E-state index is 0.0389. The van der Waals surface area contributed by atoms with E-state index < -0.39 is 22.0 Å². The van der Waals surface area contributed by atoms with Crippen molar-refractivity contribution in [1.82, 2.24) is 19.3 Å². The summed E-state index contributed by atoms with van der Waals surface area (Å²) < 4.78 is 29.2. The molecule has 0 aliphatic carbocycles. The molecule has 2 N–H and O–H groups in total. The zero-order valence-electron chi connectivity index (χ0n) is 12.9. The Morgan fingerprint density at radius 3 is 2.76 bits per heavy atom. The highest BCUT2D eigenvalue weighted by molar-refractivity contribution is 7.89. The van der Waals surface area contributed by atoms with Crippen molar-refractivity contribution >= 4 is 33.2 Å². The molecule has 0 amide bonds. The number of sulfonamides is 1. The molecular formula is C15H13ClN4O4S. The summed E-state index contributed by atoms with van der Waals surface area (Å²) >= 11 is 5.78. The fourth-order valence-electron chi connectivity index (χ4n) is 2.34. The first-order valence-corrected chi connectivity index (χ1v) is 9.00. The summed E-state index contributed by atoms with van der Waals surface area (Å²) in [6.07, 6.45) is 1.72. The SMILES string of the molecule is C[C@@H](NS(=O)(=O)c1ccc(Cl)c(C(=O)O)c1)c1nnc2ccccn12. The monoisotopic (exact) mass is 380 g/mol. The second-order valence-corrected chi connectivity index (χ2v) is 7.40. The van der Waals surface area contributed by atoms with Gasteiger partial charge in [-0.15, -0.1) is 10.2 Å². The lowest BCUT2D eigenvalue weighted by Crippen LogP contribution is -2.28. The maximum Gasteiger partial charge on any atom is 0.337 e. The van der Waals surface area contributed by atoms with Crippen molar-refractivity contribution in [2.24, 2.45) is 0 Å². The van der Waals surface area contributed by atoms with E-state index in [1.165, 1.54) is 12.1 Å². The molecule has 0 bridgehead atoms. The van der Waals surface area contributed by atoms with Crippen molar-refractivity contribution in [3.05, 3.63) is 59.0 Å². The number of nitrogens with one attached hydrogen (secondary N) is 1. The number of carbonyl (C=O) groups is 1. The Labute approximate surface area is 148 Å². The number of hydrogen-bond acceptors (Lipinski definition) is 5. The molecule has 0 saturated heterocycles. The number of hydrogen-bond donors (Lipinski definition) is 2. The smallest absolute Gasteiger partial charge is 0.337 e. The summed E-state index contributed by atoms with van der Waals surface area (Å²) in [5.74, 6) is -0.898. The number of aromatic carboxylic acids is 1. The Kier molecular flexibility index (Phi) is 4.46. The van der Waals surface area contributed by atoms with Crippen molar-refractivity contribution in [2.75, 3.05) is 0 Å². The van der Waals surface area contributed by atoms with Crippen LogP contribution in [0.3, 0.4) is 0 Å². The summed E-state index contributed by atoms with van der Waals surface area (Å²) in [6.45, 7) is 1.62. The van der Waals surface area contributed by atoms with Gasteiger partial charge in [0.15, 0.2) is 11.5 Å². The number of halogens is 1. The van der Waals surface area contributed by atoms with Crippen LogP contribution in [0.4, 0.5) is 0 Å². The number of rotatable bonds is 5. The van der Waals surface area contributed by atoms with E-state index in [0.29, 0.717) is 11.5 Å². The number of pyridine rings is 1. The number of nitrogens with zero attached hydrogens (tertiary/aromatic N) is 3. The second-order valence-electron chi connectivity index (χ2n) is 5.28. The Morgan fingerprint density at radius 2 is 2.04 bits per heavy atom. The molecule has 0 radical (unpaired) electrons. The predicted octanol–water partition coefficient (Wildman–Crippen LogP) is 2.12. The maximum absolute atomic E-state index is 12.6. The third-order valence-electron chi connectivity index (χ3n) is 3.54. The van der Waals surface area contributed by atoms with E-state index in [2.05, 4.69) is 14.9 Å². The molecule has 8 nitrogen and oxygen atoms in total. The highest BCUT2D eigenvalue weighted by Gasteiger charge is 2.23. The van der Waals surface area contributed by atoms with Crippen molar-refractivity contribution in [1.29, 1.82) is 0 Å². The van der Waals surface area contributed by atoms with E-state index in [1.807, 2.05) is 0 Å². The van der Waals surface area contributed by atoms with Crippen molar-refractivity contribution in [3.63, 3.8) is 0 Å². The lowest BCUT2D eigenvalue weighted by Gasteiger charge is -2.13. The van der Waals surface area contributed by atoms with Gasteiger partial charge in [-0.05, 0) is 37.3 Å². The molecule has 25 heavy (non-hydrogen) atoms. The average Bonchev–Trinajstić information content (AvgIpc) is 2.98. The average molecular weight is 381 g/mol. The molecule has 0 unspecified atom stereocenters. The van der Waals surface area contributed by atoms with Crippen LogP contribution in [-0.2, 0) is 10.0 Å². The van der Waals surface area contributed by atoms with Crippen molar-refractivity contribution < 1.29 is 18.3 Å². The topological polar surface area (TPSA) is 114 Å². The van der Waals surface area contributed by atoms with Gasteiger partial charge in [0.2, 0.25) is 10.0 Å². The molecular weight excluding hydrogens is 368 g/mol. The molecule has 3 aromatic rings. The van der Waals surface area contributed by atoms with Crippen LogP contribution in [0.2, 0.25) is 5.02 Å². The summed E-state index contributed by atoms with van der Waals surface area (Å²) in [5.41, 5.74) is 0.299. The first-order valence-electron chi connectivity index (χ1n) is 7.14. The van der Waals surface area contributed by atoms with Crippen LogP contribution in [0.15, 0.2) is 47.5 Å². The molecule has 1 atom stereocenters. The largest absolute Gasteiger partial charge is 0.478 e.